The van der Waals surface area contributed by atoms with Crippen molar-refractivity contribution in [2.75, 3.05) is 6.61 Å². The lowest BCUT2D eigenvalue weighted by Gasteiger charge is -2.40. The molecular weight excluding hydrogens is 407 g/mol. The minimum atomic E-state index is -4.82. The summed E-state index contributed by atoms with van der Waals surface area (Å²) in [6.07, 6.45) is -4.39. The third-order valence-corrected chi connectivity index (χ3v) is 5.28. The van der Waals surface area contributed by atoms with Crippen molar-refractivity contribution in [3.05, 3.63) is 57.4 Å². The number of dihydropyridines is 1. The van der Waals surface area contributed by atoms with Crippen molar-refractivity contribution in [1.29, 1.82) is 0 Å². The van der Waals surface area contributed by atoms with Crippen molar-refractivity contribution in [3.63, 3.8) is 0 Å². The van der Waals surface area contributed by atoms with Gasteiger partial charge in [-0.05, 0) is 36.5 Å². The first-order chi connectivity index (χ1) is 13.4. The van der Waals surface area contributed by atoms with Crippen LogP contribution in [0.3, 0.4) is 0 Å². The highest BCUT2D eigenvalue weighted by molar-refractivity contribution is 6.30. The molecule has 8 heteroatoms. The second-order valence-corrected chi connectivity index (χ2v) is 8.39. The van der Waals surface area contributed by atoms with E-state index in [1.807, 2.05) is 13.8 Å². The minimum absolute atomic E-state index is 0.0896. The molecule has 29 heavy (non-hydrogen) atoms. The summed E-state index contributed by atoms with van der Waals surface area (Å²) in [5.41, 5.74) is -1.52. The van der Waals surface area contributed by atoms with E-state index in [1.165, 1.54) is 31.2 Å². The van der Waals surface area contributed by atoms with E-state index in [1.54, 1.807) is 0 Å². The molecule has 0 radical (unpaired) electrons. The molecule has 0 fully saturated rings. The molecule has 156 valence electrons. The summed E-state index contributed by atoms with van der Waals surface area (Å²) in [4.78, 5) is 25.6. The van der Waals surface area contributed by atoms with Crippen LogP contribution >= 0.6 is 11.6 Å². The number of benzene rings is 1. The number of hydrogen-bond acceptors (Lipinski definition) is 4. The molecule has 0 spiro atoms. The van der Waals surface area contributed by atoms with Crippen LogP contribution < -0.4 is 5.32 Å². The molecule has 2 aliphatic rings. The Balaban J connectivity index is 2.28. The van der Waals surface area contributed by atoms with Gasteiger partial charge in [-0.15, -0.1) is 0 Å². The highest BCUT2D eigenvalue weighted by Gasteiger charge is 2.49. The molecule has 1 N–H and O–H groups in total. The van der Waals surface area contributed by atoms with Gasteiger partial charge in [-0.1, -0.05) is 37.6 Å². The van der Waals surface area contributed by atoms with Gasteiger partial charge in [0.1, 0.15) is 5.70 Å². The zero-order valence-electron chi connectivity index (χ0n) is 16.2. The predicted octanol–water partition coefficient (Wildman–Crippen LogP) is 5.05. The average molecular weight is 428 g/mol. The molecule has 0 unspecified atom stereocenters. The molecule has 0 amide bonds. The lowest BCUT2D eigenvalue weighted by Crippen LogP contribution is -2.42. The molecule has 0 saturated carbocycles. The summed E-state index contributed by atoms with van der Waals surface area (Å²) in [5, 5.41) is 2.76. The van der Waals surface area contributed by atoms with Crippen LogP contribution in [0, 0.1) is 5.41 Å². The number of ether oxygens (including phenoxy) is 1. The van der Waals surface area contributed by atoms with Gasteiger partial charge >= 0.3 is 12.1 Å². The van der Waals surface area contributed by atoms with Gasteiger partial charge in [-0.2, -0.15) is 13.2 Å². The molecule has 1 atom stereocenters. The maximum atomic E-state index is 13.9. The van der Waals surface area contributed by atoms with Gasteiger partial charge in [0.15, 0.2) is 5.78 Å². The van der Waals surface area contributed by atoms with Crippen molar-refractivity contribution < 1.29 is 27.5 Å². The number of carbonyl (C=O) groups is 2. The van der Waals surface area contributed by atoms with Crippen LogP contribution in [0.4, 0.5) is 13.2 Å². The standard InChI is InChI=1S/C21H21ClF3NO3/c1-4-29-19(28)17-15(11-5-7-12(22)8-6-11)16-13(26-18(17)21(23,24)25)9-20(2,3)10-14(16)27/h5-8,15,26H,4,9-10H2,1-3H3/t15-/m0/s1. The first-order valence-electron chi connectivity index (χ1n) is 9.22. The highest BCUT2D eigenvalue weighted by atomic mass is 35.5. The molecule has 1 aliphatic carbocycles. The minimum Gasteiger partial charge on any atom is -0.463 e. The number of esters is 1. The van der Waals surface area contributed by atoms with Crippen LogP contribution in [0.1, 0.15) is 45.1 Å². The van der Waals surface area contributed by atoms with E-state index in [-0.39, 0.29) is 36.5 Å². The van der Waals surface area contributed by atoms with Gasteiger partial charge in [-0.3, -0.25) is 4.79 Å². The van der Waals surface area contributed by atoms with Gasteiger partial charge < -0.3 is 10.1 Å². The van der Waals surface area contributed by atoms with E-state index in [9.17, 15) is 22.8 Å². The van der Waals surface area contributed by atoms with E-state index >= 15 is 0 Å². The van der Waals surface area contributed by atoms with Crippen molar-refractivity contribution in [3.8, 4) is 0 Å². The number of hydrogen-bond donors (Lipinski definition) is 1. The highest BCUT2D eigenvalue weighted by Crippen LogP contribution is 2.49. The zero-order chi connectivity index (χ0) is 21.6. The topological polar surface area (TPSA) is 55.4 Å². The molecular formula is C21H21ClF3NO3. The fourth-order valence-electron chi connectivity index (χ4n) is 3.93. The number of halogens is 4. The van der Waals surface area contributed by atoms with E-state index < -0.39 is 34.7 Å². The van der Waals surface area contributed by atoms with Gasteiger partial charge in [0, 0.05) is 28.6 Å². The average Bonchev–Trinajstić information content (AvgIpc) is 2.59. The van der Waals surface area contributed by atoms with Gasteiger partial charge in [-0.25, -0.2) is 4.79 Å². The molecule has 1 heterocycles. The first kappa shape index (κ1) is 21.4. The molecule has 1 aromatic carbocycles. The summed E-state index contributed by atoms with van der Waals surface area (Å²) >= 11 is 5.93. The summed E-state index contributed by atoms with van der Waals surface area (Å²) in [6, 6.07) is 6.10. The van der Waals surface area contributed by atoms with Crippen molar-refractivity contribution in [2.45, 2.75) is 45.7 Å². The molecule has 0 saturated heterocycles. The van der Waals surface area contributed by atoms with Crippen LogP contribution in [-0.2, 0) is 14.3 Å². The monoisotopic (exact) mass is 427 g/mol. The number of carbonyl (C=O) groups excluding carboxylic acids is 2. The van der Waals surface area contributed by atoms with E-state index in [2.05, 4.69) is 5.32 Å². The van der Waals surface area contributed by atoms with E-state index in [0.717, 1.165) is 0 Å². The van der Waals surface area contributed by atoms with Crippen LogP contribution in [0.2, 0.25) is 5.02 Å². The smallest absolute Gasteiger partial charge is 0.431 e. The van der Waals surface area contributed by atoms with Crippen LogP contribution in [0.25, 0.3) is 0 Å². The van der Waals surface area contributed by atoms with Crippen LogP contribution in [0.15, 0.2) is 46.8 Å². The van der Waals surface area contributed by atoms with E-state index in [4.69, 9.17) is 16.3 Å². The number of nitrogens with one attached hydrogen (secondary N) is 1. The van der Waals surface area contributed by atoms with Crippen molar-refractivity contribution in [1.82, 2.24) is 5.32 Å². The molecule has 1 aliphatic heterocycles. The summed E-state index contributed by atoms with van der Waals surface area (Å²) in [7, 11) is 0. The number of Topliss-reactive ketones (excluding diaryl/α,β-unsaturated/α-hetero) is 1. The first-order valence-corrected chi connectivity index (χ1v) is 9.59. The Morgan fingerprint density at radius 1 is 1.24 bits per heavy atom. The lowest BCUT2D eigenvalue weighted by molar-refractivity contribution is -0.140. The molecule has 0 aromatic heterocycles. The summed E-state index contributed by atoms with van der Waals surface area (Å²) in [6.45, 7) is 5.07. The quantitative estimate of drug-likeness (QED) is 0.686. The Morgan fingerprint density at radius 2 is 1.86 bits per heavy atom. The molecule has 1 aromatic rings. The zero-order valence-corrected chi connectivity index (χ0v) is 17.0. The lowest BCUT2D eigenvalue weighted by atomic mass is 9.68. The third-order valence-electron chi connectivity index (χ3n) is 5.02. The van der Waals surface area contributed by atoms with Crippen LogP contribution in [0.5, 0.6) is 0 Å². The van der Waals surface area contributed by atoms with E-state index in [0.29, 0.717) is 10.6 Å². The predicted molar refractivity (Wildman–Crippen MR) is 102 cm³/mol. The molecule has 4 nitrogen and oxygen atoms in total. The Hall–Kier alpha value is -2.28. The SMILES string of the molecule is CCOC(=O)C1=C(C(F)(F)F)NC2=C(C(=O)CC(C)(C)C2)[C@@H]1c1ccc(Cl)cc1. The number of alkyl halides is 3. The van der Waals surface area contributed by atoms with Gasteiger partial charge in [0.05, 0.1) is 12.2 Å². The maximum Gasteiger partial charge on any atom is 0.431 e. The number of rotatable bonds is 3. The van der Waals surface area contributed by atoms with Gasteiger partial charge in [0.25, 0.3) is 0 Å². The second-order valence-electron chi connectivity index (χ2n) is 7.95. The van der Waals surface area contributed by atoms with Crippen LogP contribution in [-0.4, -0.2) is 24.5 Å². The number of allylic oxidation sites excluding steroid dienone is 3. The Bertz CT molecular complexity index is 914. The normalized spacial score (nSPS) is 21.6. The Labute approximate surface area is 171 Å². The number of ketones is 1. The summed E-state index contributed by atoms with van der Waals surface area (Å²) < 4.78 is 46.8. The third kappa shape index (κ3) is 4.20. The largest absolute Gasteiger partial charge is 0.463 e. The fraction of sp³-hybridized carbons (Fsp3) is 0.429. The molecule has 3 rings (SSSR count). The van der Waals surface area contributed by atoms with Gasteiger partial charge in [0.2, 0.25) is 0 Å². The molecule has 0 bridgehead atoms. The van der Waals surface area contributed by atoms with Crippen molar-refractivity contribution >= 4 is 23.4 Å². The second kappa shape index (κ2) is 7.52. The van der Waals surface area contributed by atoms with Crippen molar-refractivity contribution in [2.24, 2.45) is 5.41 Å². The Morgan fingerprint density at radius 3 is 2.41 bits per heavy atom. The Kier molecular flexibility index (Phi) is 5.56. The fourth-order valence-corrected chi connectivity index (χ4v) is 4.05. The maximum absolute atomic E-state index is 13.9. The summed E-state index contributed by atoms with van der Waals surface area (Å²) in [5.74, 6) is -2.56.